The number of aromatic hydroxyl groups is 2. The predicted molar refractivity (Wildman–Crippen MR) is 323 cm³/mol. The van der Waals surface area contributed by atoms with Crippen molar-refractivity contribution in [1.29, 1.82) is 0 Å². The second-order valence-corrected chi connectivity index (χ2v) is 19.9. The van der Waals surface area contributed by atoms with E-state index in [9.17, 15) is 9.90 Å². The highest BCUT2D eigenvalue weighted by Gasteiger charge is 2.31. The zero-order valence-electron chi connectivity index (χ0n) is 46.9. The van der Waals surface area contributed by atoms with E-state index >= 15 is 0 Å². The maximum absolute atomic E-state index is 13.2. The number of benzene rings is 8. The van der Waals surface area contributed by atoms with Crippen molar-refractivity contribution in [2.45, 2.75) is 70.6 Å². The number of methoxy groups -OCH3 is 1. The molecule has 0 aliphatic carbocycles. The third kappa shape index (κ3) is 15.6. The molecule has 9 aromatic rings. The first-order chi connectivity index (χ1) is 38.8. The molecule has 1 fully saturated rings. The number of aromatic nitrogens is 2. The van der Waals surface area contributed by atoms with Crippen molar-refractivity contribution in [2.24, 2.45) is 18.5 Å². The van der Waals surface area contributed by atoms with E-state index < -0.39 is 6.10 Å². The monoisotopic (exact) mass is 1080 g/mol. The number of morpholine rings is 1. The summed E-state index contributed by atoms with van der Waals surface area (Å²) in [5.74, 6) is 1.08. The van der Waals surface area contributed by atoms with Crippen LogP contribution in [0.25, 0.3) is 27.6 Å². The Bertz CT molecular complexity index is 3360. The second kappa shape index (κ2) is 29.8. The quantitative estimate of drug-likeness (QED) is 0.0507. The van der Waals surface area contributed by atoms with E-state index in [0.717, 1.165) is 54.4 Å². The SMILES string of the molecule is CC(N)Cc1ccccc1-c1cccc2ccccc12.CNCCC(Oc1ccccc1OC)c1ccccc1.Cc1c(CN2CCOC(c3ccccc3)C2C)c(=O)n(-c2ccccc2)n1C.NC[C@H](O)c1ccc(O)c(O)c1. The molecule has 5 atom stereocenters. The molecule has 1 saturated heterocycles. The van der Waals surface area contributed by atoms with Crippen LogP contribution in [0.3, 0.4) is 0 Å². The predicted octanol–water partition coefficient (Wildman–Crippen LogP) is 11.4. The number of nitrogens with zero attached hydrogens (tertiary/aromatic N) is 3. The summed E-state index contributed by atoms with van der Waals surface area (Å²) in [7, 11) is 5.56. The number of nitrogens with two attached hydrogens (primary N) is 2. The Balaban J connectivity index is 0.000000160. The van der Waals surface area contributed by atoms with E-state index in [1.165, 1.54) is 56.8 Å². The number of phenolic OH excluding ortho intramolecular Hbond substituents is 2. The number of hydrogen-bond donors (Lipinski definition) is 6. The number of rotatable bonds is 16. The highest BCUT2D eigenvalue weighted by atomic mass is 16.5. The minimum atomic E-state index is -0.795. The molecule has 1 aromatic heterocycles. The molecule has 8 aromatic carbocycles. The Kier molecular flexibility index (Phi) is 22.2. The summed E-state index contributed by atoms with van der Waals surface area (Å²) in [5.41, 5.74) is 20.7. The van der Waals surface area contributed by atoms with Gasteiger partial charge in [0.15, 0.2) is 23.0 Å². The van der Waals surface area contributed by atoms with Gasteiger partial charge in [0, 0.05) is 50.9 Å². The van der Waals surface area contributed by atoms with Crippen LogP contribution in [0.5, 0.6) is 23.0 Å². The summed E-state index contributed by atoms with van der Waals surface area (Å²) in [6.45, 7) is 9.37. The Morgan fingerprint density at radius 3 is 2.02 bits per heavy atom. The van der Waals surface area contributed by atoms with Crippen molar-refractivity contribution in [3.8, 4) is 39.8 Å². The number of ether oxygens (including phenoxy) is 3. The summed E-state index contributed by atoms with van der Waals surface area (Å²) in [4.78, 5) is 15.6. The summed E-state index contributed by atoms with van der Waals surface area (Å²) in [6, 6.07) is 66.2. The van der Waals surface area contributed by atoms with Gasteiger partial charge in [-0.15, -0.1) is 0 Å². The summed E-state index contributed by atoms with van der Waals surface area (Å²) >= 11 is 0. The van der Waals surface area contributed by atoms with Crippen LogP contribution in [0.15, 0.2) is 205 Å². The van der Waals surface area contributed by atoms with Gasteiger partial charge in [-0.2, -0.15) is 0 Å². The average molecular weight is 1080 g/mol. The molecular weight excluding hydrogens is 1000 g/mol. The van der Waals surface area contributed by atoms with Crippen LogP contribution in [-0.4, -0.2) is 82.1 Å². The fraction of sp³-hybridized carbons (Fsp3) is 0.269. The van der Waals surface area contributed by atoms with E-state index in [-0.39, 0.29) is 47.9 Å². The molecule has 4 unspecified atom stereocenters. The number of phenols is 2. The van der Waals surface area contributed by atoms with Crippen LogP contribution in [-0.2, 0) is 24.8 Å². The number of fused-ring (bicyclic) bond motifs is 1. The molecule has 0 spiro atoms. The van der Waals surface area contributed by atoms with Gasteiger partial charge in [-0.3, -0.25) is 14.4 Å². The van der Waals surface area contributed by atoms with Gasteiger partial charge in [-0.05, 0) is 121 Å². The minimum absolute atomic E-state index is 0.0138. The van der Waals surface area contributed by atoms with E-state index in [0.29, 0.717) is 18.7 Å². The third-order valence-electron chi connectivity index (χ3n) is 14.3. The smallest absolute Gasteiger partial charge is 0.276 e. The van der Waals surface area contributed by atoms with Crippen molar-refractivity contribution in [3.05, 3.63) is 244 Å². The highest BCUT2D eigenvalue weighted by molar-refractivity contribution is 5.97. The minimum Gasteiger partial charge on any atom is -0.504 e. The van der Waals surface area contributed by atoms with Gasteiger partial charge in [0.25, 0.3) is 5.56 Å². The average Bonchev–Trinajstić information content (AvgIpc) is 3.80. The van der Waals surface area contributed by atoms with Crippen molar-refractivity contribution < 1.29 is 29.5 Å². The lowest BCUT2D eigenvalue weighted by atomic mass is 9.92. The summed E-state index contributed by atoms with van der Waals surface area (Å²) in [6.07, 6.45) is 1.05. The lowest BCUT2D eigenvalue weighted by Crippen LogP contribution is -2.45. The number of nitrogens with one attached hydrogen (secondary N) is 1. The molecule has 1 aliphatic rings. The first-order valence-corrected chi connectivity index (χ1v) is 27.3. The van der Waals surface area contributed by atoms with Crippen LogP contribution >= 0.6 is 0 Å². The first-order valence-electron chi connectivity index (χ1n) is 27.3. The molecule has 0 saturated carbocycles. The molecule has 13 nitrogen and oxygen atoms in total. The maximum Gasteiger partial charge on any atom is 0.276 e. The molecule has 0 amide bonds. The van der Waals surface area contributed by atoms with Gasteiger partial charge in [0.2, 0.25) is 0 Å². The standard InChI is InChI=1S/C23H27N3O2.C19H19N.C17H21NO2.C8H11NO3/c1-17-21(23(27)26(24(17)3)20-12-8-5-9-13-20)16-25-14-15-28-22(18(25)2)19-10-6-4-7-11-19;1-14(20)13-16-8-3-5-11-18(16)19-12-6-9-15-7-2-4-10-17(15)19;1-18-13-12-15(14-8-4-3-5-9-14)20-17-11-7-6-10-16(17)19-2;9-4-8(12)5-1-2-6(10)7(11)3-5/h4-13,18,22H,14-16H2,1-3H3;2-12,14H,13,20H2,1H3;3-11,15,18H,12-13H2,1-2H3;1-3,8,10-12H,4,9H2/t;;;8-/m...0/s1. The number of aliphatic hydroxyl groups is 1. The van der Waals surface area contributed by atoms with E-state index in [4.69, 9.17) is 35.9 Å². The van der Waals surface area contributed by atoms with Crippen LogP contribution < -0.4 is 31.8 Å². The van der Waals surface area contributed by atoms with Crippen LogP contribution in [0, 0.1) is 6.92 Å². The zero-order chi connectivity index (χ0) is 57.0. The second-order valence-electron chi connectivity index (χ2n) is 19.9. The Morgan fingerprint density at radius 2 is 1.35 bits per heavy atom. The lowest BCUT2D eigenvalue weighted by Gasteiger charge is -2.39. The molecule has 8 N–H and O–H groups in total. The Hall–Kier alpha value is -8.01. The topological polar surface area (TPSA) is 183 Å². The molecule has 2 heterocycles. The van der Waals surface area contributed by atoms with Gasteiger partial charge in [0.1, 0.15) is 6.10 Å². The molecule has 418 valence electrons. The Morgan fingerprint density at radius 1 is 0.738 bits per heavy atom. The fourth-order valence-corrected chi connectivity index (χ4v) is 9.84. The van der Waals surface area contributed by atoms with Crippen molar-refractivity contribution in [1.82, 2.24) is 19.6 Å². The van der Waals surface area contributed by atoms with Gasteiger partial charge < -0.3 is 46.3 Å². The fourth-order valence-electron chi connectivity index (χ4n) is 9.84. The van der Waals surface area contributed by atoms with E-state index in [2.05, 4.69) is 115 Å². The zero-order valence-corrected chi connectivity index (χ0v) is 46.9. The lowest BCUT2D eigenvalue weighted by molar-refractivity contribution is -0.0704. The molecule has 13 heteroatoms. The normalized spacial score (nSPS) is 15.2. The summed E-state index contributed by atoms with van der Waals surface area (Å²) in [5, 5.41) is 33.0. The van der Waals surface area contributed by atoms with E-state index in [1.807, 2.05) is 117 Å². The van der Waals surface area contributed by atoms with Crippen LogP contribution in [0.2, 0.25) is 0 Å². The molecule has 0 radical (unpaired) electrons. The van der Waals surface area contributed by atoms with E-state index in [1.54, 1.807) is 11.8 Å². The van der Waals surface area contributed by atoms with Crippen molar-refractivity contribution in [3.63, 3.8) is 0 Å². The maximum atomic E-state index is 13.2. The van der Waals surface area contributed by atoms with Gasteiger partial charge >= 0.3 is 0 Å². The molecule has 10 rings (SSSR count). The molecular formula is C67H78N6O7. The largest absolute Gasteiger partial charge is 0.504 e. The number of aliphatic hydroxyl groups excluding tert-OH is 1. The van der Waals surface area contributed by atoms with Crippen molar-refractivity contribution in [2.75, 3.05) is 40.4 Å². The number of para-hydroxylation sites is 3. The van der Waals surface area contributed by atoms with Crippen LogP contribution in [0.1, 0.15) is 72.1 Å². The van der Waals surface area contributed by atoms with Gasteiger partial charge in [0.05, 0.1) is 37.2 Å². The van der Waals surface area contributed by atoms with Gasteiger partial charge in [-0.25, -0.2) is 4.68 Å². The summed E-state index contributed by atoms with van der Waals surface area (Å²) < 4.78 is 21.3. The van der Waals surface area contributed by atoms with Gasteiger partial charge in [-0.1, -0.05) is 164 Å². The highest BCUT2D eigenvalue weighted by Crippen LogP contribution is 2.34. The molecule has 0 bridgehead atoms. The first kappa shape index (κ1) is 59.6. The van der Waals surface area contributed by atoms with Crippen molar-refractivity contribution >= 4 is 10.8 Å². The molecule has 80 heavy (non-hydrogen) atoms. The van der Waals surface area contributed by atoms with Crippen LogP contribution in [0.4, 0.5) is 0 Å². The Labute approximate surface area is 471 Å². The third-order valence-corrected chi connectivity index (χ3v) is 14.3. The number of hydrogen-bond acceptors (Lipinski definition) is 11. The molecule has 1 aliphatic heterocycles.